The Hall–Kier alpha value is -3.82. The predicted octanol–water partition coefficient (Wildman–Crippen LogP) is 4.02. The second-order valence-corrected chi connectivity index (χ2v) is 9.24. The maximum atomic E-state index is 13.0. The highest BCUT2D eigenvalue weighted by Gasteiger charge is 2.35. The monoisotopic (exact) mass is 465 g/mol. The molecule has 5 rings (SSSR count). The van der Waals surface area contributed by atoms with E-state index >= 15 is 0 Å². The van der Waals surface area contributed by atoms with Crippen LogP contribution in [0.4, 0.5) is 6.01 Å². The van der Waals surface area contributed by atoms with E-state index in [0.717, 1.165) is 0 Å². The van der Waals surface area contributed by atoms with Gasteiger partial charge in [0, 0.05) is 27.3 Å². The van der Waals surface area contributed by atoms with E-state index in [2.05, 4.69) is 15.5 Å². The number of nitrogens with zero attached hydrogens (tertiary/aromatic N) is 2. The number of sulfone groups is 1. The molecule has 0 bridgehead atoms. The quantitative estimate of drug-likeness (QED) is 0.427. The van der Waals surface area contributed by atoms with E-state index < -0.39 is 21.5 Å². The van der Waals surface area contributed by atoms with E-state index in [-0.39, 0.29) is 38.4 Å². The highest BCUT2D eigenvalue weighted by atomic mass is 35.5. The van der Waals surface area contributed by atoms with Crippen molar-refractivity contribution in [2.24, 2.45) is 0 Å². The summed E-state index contributed by atoms with van der Waals surface area (Å²) in [5, 5.41) is 10.6. The number of benzene rings is 3. The second-order valence-electron chi connectivity index (χ2n) is 6.91. The third-order valence-electron chi connectivity index (χ3n) is 4.94. The van der Waals surface area contributed by atoms with Crippen LogP contribution in [0.15, 0.2) is 80.9 Å². The van der Waals surface area contributed by atoms with Crippen molar-refractivity contribution in [1.29, 1.82) is 0 Å². The minimum absolute atomic E-state index is 0.0167. The van der Waals surface area contributed by atoms with Crippen LogP contribution in [0.25, 0.3) is 11.5 Å². The van der Waals surface area contributed by atoms with Crippen molar-refractivity contribution in [3.05, 3.63) is 88.4 Å². The molecule has 2 heterocycles. The van der Waals surface area contributed by atoms with Crippen molar-refractivity contribution >= 4 is 39.1 Å². The lowest BCUT2D eigenvalue weighted by Crippen LogP contribution is -2.21. The Morgan fingerprint density at radius 3 is 2.41 bits per heavy atom. The fourth-order valence-electron chi connectivity index (χ4n) is 3.38. The Morgan fingerprint density at radius 1 is 0.906 bits per heavy atom. The summed E-state index contributed by atoms with van der Waals surface area (Å²) >= 11 is 5.86. The van der Waals surface area contributed by atoms with Crippen LogP contribution in [0.2, 0.25) is 5.02 Å². The molecule has 158 valence electrons. The molecule has 3 aromatic carbocycles. The number of nitrogens with one attached hydrogen (secondary N) is 1. The molecule has 8 nitrogen and oxygen atoms in total. The lowest BCUT2D eigenvalue weighted by molar-refractivity contribution is 0.101. The lowest BCUT2D eigenvalue weighted by Gasteiger charge is -2.19. The average Bonchev–Trinajstić information content (AvgIpc) is 3.26. The number of hydrogen-bond donors (Lipinski definition) is 1. The Balaban J connectivity index is 1.45. The molecular weight excluding hydrogens is 454 g/mol. The van der Waals surface area contributed by atoms with Gasteiger partial charge in [0.1, 0.15) is 0 Å². The van der Waals surface area contributed by atoms with Crippen LogP contribution in [-0.2, 0) is 9.84 Å². The summed E-state index contributed by atoms with van der Waals surface area (Å²) in [6.45, 7) is 0. The van der Waals surface area contributed by atoms with Gasteiger partial charge in [-0.15, -0.1) is 5.10 Å². The third kappa shape index (κ3) is 3.28. The molecule has 0 fully saturated rings. The number of halogens is 1. The summed E-state index contributed by atoms with van der Waals surface area (Å²) in [7, 11) is -3.96. The van der Waals surface area contributed by atoms with Crippen LogP contribution >= 0.6 is 11.6 Å². The first kappa shape index (κ1) is 20.1. The largest absolute Gasteiger partial charge is 0.403 e. The summed E-state index contributed by atoms with van der Waals surface area (Å²) in [5.41, 5.74) is 0.756. The number of rotatable bonds is 3. The van der Waals surface area contributed by atoms with Gasteiger partial charge >= 0.3 is 6.01 Å². The fraction of sp³-hybridized carbons (Fsp3) is 0. The van der Waals surface area contributed by atoms with E-state index in [4.69, 9.17) is 16.0 Å². The molecular formula is C22H12ClN3O5S. The zero-order chi connectivity index (χ0) is 22.5. The van der Waals surface area contributed by atoms with Crippen LogP contribution in [0.1, 0.15) is 26.3 Å². The number of carbonyl (C=O) groups is 2. The first-order valence-electron chi connectivity index (χ1n) is 9.28. The third-order valence-corrected chi connectivity index (χ3v) is 7.04. The van der Waals surface area contributed by atoms with Crippen molar-refractivity contribution in [2.75, 3.05) is 5.32 Å². The zero-order valence-electron chi connectivity index (χ0n) is 16.1. The van der Waals surface area contributed by atoms with E-state index in [1.165, 1.54) is 30.3 Å². The Kier molecular flexibility index (Phi) is 4.65. The molecule has 0 aliphatic carbocycles. The topological polar surface area (TPSA) is 119 Å². The Bertz CT molecular complexity index is 1510. The minimum Gasteiger partial charge on any atom is -0.403 e. The molecule has 4 aromatic rings. The van der Waals surface area contributed by atoms with Crippen LogP contribution in [0.5, 0.6) is 0 Å². The lowest BCUT2D eigenvalue weighted by atomic mass is 10.0. The standard InChI is InChI=1S/C22H12ClN3O5S/c23-14-8-5-12(6-9-14)21-25-26-22(31-21)24-20(28)13-7-10-16-18(11-13)32(29,30)17-4-2-1-3-15(17)19(16)27/h1-11H,(H,24,26,28). The van der Waals surface area contributed by atoms with Crippen molar-refractivity contribution < 1.29 is 22.4 Å². The van der Waals surface area contributed by atoms with Gasteiger partial charge in [-0.2, -0.15) is 0 Å². The fourth-order valence-corrected chi connectivity index (χ4v) is 5.18. The van der Waals surface area contributed by atoms with Crippen molar-refractivity contribution in [2.45, 2.75) is 9.79 Å². The van der Waals surface area contributed by atoms with Crippen molar-refractivity contribution in [3.8, 4) is 11.5 Å². The average molecular weight is 466 g/mol. The van der Waals surface area contributed by atoms with Crippen molar-refractivity contribution in [3.63, 3.8) is 0 Å². The van der Waals surface area contributed by atoms with E-state index in [1.54, 1.807) is 36.4 Å². The molecule has 1 aliphatic rings. The first-order chi connectivity index (χ1) is 15.3. The van der Waals surface area contributed by atoms with Gasteiger partial charge in [-0.05, 0) is 54.6 Å². The SMILES string of the molecule is O=C(Nc1nnc(-c2ccc(Cl)cc2)o1)c1ccc2c(c1)S(=O)(=O)c1ccccc1C2=O. The molecule has 10 heteroatoms. The van der Waals surface area contributed by atoms with Crippen LogP contribution in [0, 0.1) is 0 Å². The number of amides is 1. The van der Waals surface area contributed by atoms with Crippen LogP contribution < -0.4 is 5.32 Å². The summed E-state index contributed by atoms with van der Waals surface area (Å²) in [6.07, 6.45) is 0. The Morgan fingerprint density at radius 2 is 1.62 bits per heavy atom. The smallest absolute Gasteiger partial charge is 0.322 e. The molecule has 0 saturated carbocycles. The van der Waals surface area contributed by atoms with E-state index in [0.29, 0.717) is 10.6 Å². The second kappa shape index (κ2) is 7.40. The molecule has 1 aromatic heterocycles. The predicted molar refractivity (Wildman–Crippen MR) is 114 cm³/mol. The summed E-state index contributed by atoms with van der Waals surface area (Å²) in [4.78, 5) is 25.1. The number of anilines is 1. The van der Waals surface area contributed by atoms with E-state index in [9.17, 15) is 18.0 Å². The van der Waals surface area contributed by atoms with E-state index in [1.807, 2.05) is 0 Å². The molecule has 32 heavy (non-hydrogen) atoms. The number of fused-ring (bicyclic) bond motifs is 2. The van der Waals surface area contributed by atoms with Gasteiger partial charge in [0.15, 0.2) is 5.78 Å². The van der Waals surface area contributed by atoms with Gasteiger partial charge in [0.05, 0.1) is 9.79 Å². The highest BCUT2D eigenvalue weighted by Crippen LogP contribution is 2.35. The van der Waals surface area contributed by atoms with Gasteiger partial charge in [-0.3, -0.25) is 14.9 Å². The summed E-state index contributed by atoms with van der Waals surface area (Å²) < 4.78 is 31.5. The molecule has 0 atom stereocenters. The zero-order valence-corrected chi connectivity index (χ0v) is 17.6. The van der Waals surface area contributed by atoms with Gasteiger partial charge in [-0.1, -0.05) is 28.8 Å². The molecule has 0 radical (unpaired) electrons. The first-order valence-corrected chi connectivity index (χ1v) is 11.1. The molecule has 0 saturated heterocycles. The molecule has 1 aliphatic heterocycles. The molecule has 0 spiro atoms. The van der Waals surface area contributed by atoms with Gasteiger partial charge in [0.25, 0.3) is 5.91 Å². The maximum Gasteiger partial charge on any atom is 0.322 e. The van der Waals surface area contributed by atoms with Crippen molar-refractivity contribution in [1.82, 2.24) is 10.2 Å². The van der Waals surface area contributed by atoms with Crippen LogP contribution in [0.3, 0.4) is 0 Å². The van der Waals surface area contributed by atoms with Gasteiger partial charge in [0.2, 0.25) is 15.7 Å². The molecule has 1 amide bonds. The van der Waals surface area contributed by atoms with Gasteiger partial charge in [-0.25, -0.2) is 8.42 Å². The Labute approximate surface area is 186 Å². The molecule has 1 N–H and O–H groups in total. The number of aromatic nitrogens is 2. The van der Waals surface area contributed by atoms with Gasteiger partial charge < -0.3 is 4.42 Å². The number of ketones is 1. The highest BCUT2D eigenvalue weighted by molar-refractivity contribution is 7.91. The normalized spacial score (nSPS) is 13.8. The molecule has 0 unspecified atom stereocenters. The van der Waals surface area contributed by atoms with Crippen LogP contribution in [-0.4, -0.2) is 30.3 Å². The summed E-state index contributed by atoms with van der Waals surface area (Å²) in [6, 6.07) is 16.4. The minimum atomic E-state index is -3.96. The summed E-state index contributed by atoms with van der Waals surface area (Å²) in [5.74, 6) is -0.908. The number of hydrogen-bond acceptors (Lipinski definition) is 7. The number of carbonyl (C=O) groups excluding carboxylic acids is 2. The maximum absolute atomic E-state index is 13.0.